The van der Waals surface area contributed by atoms with Crippen molar-refractivity contribution >= 4 is 11.6 Å². The van der Waals surface area contributed by atoms with Gasteiger partial charge in [0.25, 0.3) is 0 Å². The third-order valence-corrected chi connectivity index (χ3v) is 3.46. The Balaban J connectivity index is 1.72. The van der Waals surface area contributed by atoms with Crippen molar-refractivity contribution in [2.24, 2.45) is 0 Å². The molecule has 0 fully saturated rings. The molecule has 0 atom stereocenters. The number of rotatable bonds is 8. The molecule has 0 aliphatic rings. The zero-order valence-electron chi connectivity index (χ0n) is 13.4. The van der Waals surface area contributed by atoms with Crippen molar-refractivity contribution in [3.63, 3.8) is 0 Å². The number of benzene rings is 2. The van der Waals surface area contributed by atoms with Gasteiger partial charge in [-0.05, 0) is 36.2 Å². The fraction of sp³-hybridized carbons (Fsp3) is 0.278. The van der Waals surface area contributed by atoms with E-state index in [1.807, 2.05) is 42.3 Å². The largest absolute Gasteiger partial charge is 0.435 e. The zero-order chi connectivity index (χ0) is 17.4. The molecular weight excluding hydrogens is 314 g/mol. The second-order valence-electron chi connectivity index (χ2n) is 5.31. The van der Waals surface area contributed by atoms with Gasteiger partial charge in [-0.3, -0.25) is 4.79 Å². The molecule has 2 aromatic rings. The molecule has 0 aliphatic heterocycles. The van der Waals surface area contributed by atoms with Gasteiger partial charge in [0.15, 0.2) is 0 Å². The average Bonchev–Trinajstić information content (AvgIpc) is 2.57. The number of nitrogens with zero attached hydrogens (tertiary/aromatic N) is 1. The molecule has 1 amide bonds. The van der Waals surface area contributed by atoms with Gasteiger partial charge in [-0.15, -0.1) is 0 Å². The highest BCUT2D eigenvalue weighted by molar-refractivity contribution is 5.81. The number of amides is 1. The summed E-state index contributed by atoms with van der Waals surface area (Å²) in [4.78, 5) is 13.8. The standard InChI is InChI=1S/C18H20F2N2O2/c1-22(15-5-3-2-4-6-15)13-17(23)21-12-11-14-7-9-16(10-8-14)24-18(19)20/h2-10,18H,11-13H2,1H3,(H,21,23). The van der Waals surface area contributed by atoms with Gasteiger partial charge in [0.2, 0.25) is 5.91 Å². The number of para-hydroxylation sites is 1. The highest BCUT2D eigenvalue weighted by Gasteiger charge is 2.07. The molecule has 0 aromatic heterocycles. The molecule has 0 saturated carbocycles. The Morgan fingerprint density at radius 1 is 1.12 bits per heavy atom. The van der Waals surface area contributed by atoms with Gasteiger partial charge < -0.3 is 15.0 Å². The summed E-state index contributed by atoms with van der Waals surface area (Å²) >= 11 is 0. The number of halogens is 2. The van der Waals surface area contributed by atoms with Crippen LogP contribution < -0.4 is 15.0 Å². The van der Waals surface area contributed by atoms with Crippen molar-refractivity contribution in [3.05, 3.63) is 60.2 Å². The second kappa shape index (κ2) is 8.86. The van der Waals surface area contributed by atoms with E-state index in [0.29, 0.717) is 13.0 Å². The summed E-state index contributed by atoms with van der Waals surface area (Å²) in [5.41, 5.74) is 1.91. The lowest BCUT2D eigenvalue weighted by atomic mass is 10.1. The lowest BCUT2D eigenvalue weighted by Gasteiger charge is -2.18. The summed E-state index contributed by atoms with van der Waals surface area (Å²) in [7, 11) is 1.86. The number of hydrogen-bond acceptors (Lipinski definition) is 3. The number of nitrogens with one attached hydrogen (secondary N) is 1. The van der Waals surface area contributed by atoms with Gasteiger partial charge >= 0.3 is 6.61 Å². The second-order valence-corrected chi connectivity index (χ2v) is 5.31. The molecule has 0 saturated heterocycles. The average molecular weight is 334 g/mol. The Hall–Kier alpha value is -2.63. The summed E-state index contributed by atoms with van der Waals surface area (Å²) in [6.07, 6.45) is 0.621. The molecule has 0 aliphatic carbocycles. The number of carbonyl (C=O) groups excluding carboxylic acids is 1. The van der Waals surface area contributed by atoms with Crippen LogP contribution in [-0.2, 0) is 11.2 Å². The summed E-state index contributed by atoms with van der Waals surface area (Å²) in [6, 6.07) is 16.1. The van der Waals surface area contributed by atoms with Crippen molar-refractivity contribution in [1.29, 1.82) is 0 Å². The molecule has 0 radical (unpaired) electrons. The Morgan fingerprint density at radius 3 is 2.42 bits per heavy atom. The summed E-state index contributed by atoms with van der Waals surface area (Å²) in [5, 5.41) is 2.85. The predicted molar refractivity (Wildman–Crippen MR) is 89.5 cm³/mol. The number of alkyl halides is 2. The van der Waals surface area contributed by atoms with Crippen LogP contribution in [0, 0.1) is 0 Å². The van der Waals surface area contributed by atoms with Crippen LogP contribution >= 0.6 is 0 Å². The number of ether oxygens (including phenoxy) is 1. The Labute approximate surface area is 140 Å². The topological polar surface area (TPSA) is 41.6 Å². The first kappa shape index (κ1) is 17.7. The third-order valence-electron chi connectivity index (χ3n) is 3.46. The maximum Gasteiger partial charge on any atom is 0.387 e. The molecule has 4 nitrogen and oxygen atoms in total. The Morgan fingerprint density at radius 2 is 1.79 bits per heavy atom. The normalized spacial score (nSPS) is 10.5. The van der Waals surface area contributed by atoms with E-state index >= 15 is 0 Å². The maximum absolute atomic E-state index is 12.1. The Bertz CT molecular complexity index is 633. The van der Waals surface area contributed by atoms with E-state index in [2.05, 4.69) is 10.1 Å². The number of carbonyl (C=O) groups is 1. The van der Waals surface area contributed by atoms with Crippen LogP contribution in [0.15, 0.2) is 54.6 Å². The van der Waals surface area contributed by atoms with Gasteiger partial charge in [0, 0.05) is 19.3 Å². The minimum Gasteiger partial charge on any atom is -0.435 e. The summed E-state index contributed by atoms with van der Waals surface area (Å²) < 4.78 is 28.4. The van der Waals surface area contributed by atoms with Crippen LogP contribution in [0.25, 0.3) is 0 Å². The fourth-order valence-corrected chi connectivity index (χ4v) is 2.23. The van der Waals surface area contributed by atoms with E-state index in [-0.39, 0.29) is 18.2 Å². The first-order chi connectivity index (χ1) is 11.5. The highest BCUT2D eigenvalue weighted by atomic mass is 19.3. The molecule has 0 unspecified atom stereocenters. The van der Waals surface area contributed by atoms with E-state index in [1.54, 1.807) is 12.1 Å². The van der Waals surface area contributed by atoms with E-state index < -0.39 is 6.61 Å². The van der Waals surface area contributed by atoms with Crippen LogP contribution in [0.2, 0.25) is 0 Å². The molecule has 1 N–H and O–H groups in total. The lowest BCUT2D eigenvalue weighted by molar-refractivity contribution is -0.119. The predicted octanol–water partition coefficient (Wildman–Crippen LogP) is 3.08. The molecule has 128 valence electrons. The smallest absolute Gasteiger partial charge is 0.387 e. The van der Waals surface area contributed by atoms with Crippen LogP contribution in [0.1, 0.15) is 5.56 Å². The molecule has 24 heavy (non-hydrogen) atoms. The minimum atomic E-state index is -2.82. The van der Waals surface area contributed by atoms with E-state index in [0.717, 1.165) is 11.3 Å². The molecular formula is C18H20F2N2O2. The molecule has 2 aromatic carbocycles. The quantitative estimate of drug-likeness (QED) is 0.807. The number of likely N-dealkylation sites (N-methyl/N-ethyl adjacent to an activating group) is 1. The van der Waals surface area contributed by atoms with Crippen molar-refractivity contribution < 1.29 is 18.3 Å². The van der Waals surface area contributed by atoms with Crippen molar-refractivity contribution in [2.45, 2.75) is 13.0 Å². The Kier molecular flexibility index (Phi) is 6.54. The monoisotopic (exact) mass is 334 g/mol. The molecule has 2 rings (SSSR count). The van der Waals surface area contributed by atoms with Gasteiger partial charge in [-0.2, -0.15) is 8.78 Å². The maximum atomic E-state index is 12.1. The van der Waals surface area contributed by atoms with Gasteiger partial charge in [-0.1, -0.05) is 30.3 Å². The van der Waals surface area contributed by atoms with Crippen molar-refractivity contribution in [2.75, 3.05) is 25.0 Å². The van der Waals surface area contributed by atoms with E-state index in [1.165, 1.54) is 12.1 Å². The van der Waals surface area contributed by atoms with Gasteiger partial charge in [0.1, 0.15) is 5.75 Å². The molecule has 0 bridgehead atoms. The van der Waals surface area contributed by atoms with E-state index in [9.17, 15) is 13.6 Å². The third kappa shape index (κ3) is 5.87. The van der Waals surface area contributed by atoms with Crippen LogP contribution in [0.4, 0.5) is 14.5 Å². The number of anilines is 1. The van der Waals surface area contributed by atoms with E-state index in [4.69, 9.17) is 0 Å². The molecule has 6 heteroatoms. The van der Waals surface area contributed by atoms with Gasteiger partial charge in [-0.25, -0.2) is 0 Å². The number of hydrogen-bond donors (Lipinski definition) is 1. The minimum absolute atomic E-state index is 0.0704. The first-order valence-electron chi connectivity index (χ1n) is 7.61. The molecule has 0 spiro atoms. The summed E-state index contributed by atoms with van der Waals surface area (Å²) in [5.74, 6) is 0.0567. The highest BCUT2D eigenvalue weighted by Crippen LogP contribution is 2.15. The van der Waals surface area contributed by atoms with Crippen LogP contribution in [0.3, 0.4) is 0 Å². The fourth-order valence-electron chi connectivity index (χ4n) is 2.23. The zero-order valence-corrected chi connectivity index (χ0v) is 13.4. The molecule has 0 heterocycles. The summed E-state index contributed by atoms with van der Waals surface area (Å²) in [6.45, 7) is -2.07. The lowest BCUT2D eigenvalue weighted by Crippen LogP contribution is -2.36. The first-order valence-corrected chi connectivity index (χ1v) is 7.61. The SMILES string of the molecule is CN(CC(=O)NCCc1ccc(OC(F)F)cc1)c1ccccc1. The van der Waals surface area contributed by atoms with Gasteiger partial charge in [0.05, 0.1) is 6.54 Å². The van der Waals surface area contributed by atoms with Crippen molar-refractivity contribution in [1.82, 2.24) is 5.32 Å². The van der Waals surface area contributed by atoms with Crippen LogP contribution in [0.5, 0.6) is 5.75 Å². The van der Waals surface area contributed by atoms with Crippen LogP contribution in [-0.4, -0.2) is 32.7 Å². The van der Waals surface area contributed by atoms with Crippen molar-refractivity contribution in [3.8, 4) is 5.75 Å².